The van der Waals surface area contributed by atoms with Crippen LogP contribution in [-0.2, 0) is 17.8 Å². The molecule has 0 radical (unpaired) electrons. The minimum atomic E-state index is 0.0692. The van der Waals surface area contributed by atoms with Crippen molar-refractivity contribution in [1.29, 1.82) is 5.26 Å². The van der Waals surface area contributed by atoms with Gasteiger partial charge in [0.2, 0.25) is 5.88 Å². The molecule has 4 aliphatic rings. The molecule has 1 spiro atoms. The van der Waals surface area contributed by atoms with E-state index in [1.54, 1.807) is 6.07 Å². The number of fused-ring (bicyclic) bond motifs is 1. The highest BCUT2D eigenvalue weighted by Crippen LogP contribution is 2.52. The fourth-order valence-electron chi connectivity index (χ4n) is 7.22. The Bertz CT molecular complexity index is 1380. The highest BCUT2D eigenvalue weighted by atomic mass is 35.5. The van der Waals surface area contributed by atoms with Gasteiger partial charge in [0.05, 0.1) is 33.7 Å². The molecule has 0 amide bonds. The van der Waals surface area contributed by atoms with Crippen molar-refractivity contribution in [2.24, 2.45) is 11.3 Å². The summed E-state index contributed by atoms with van der Waals surface area (Å²) in [7, 11) is 2.12. The Morgan fingerprint density at radius 1 is 1.27 bits per heavy atom. The molecule has 0 bridgehead atoms. The first-order valence-electron chi connectivity index (χ1n) is 14.2. The number of rotatable bonds is 7. The molecule has 1 aromatic carbocycles. The van der Waals surface area contributed by atoms with Gasteiger partial charge in [0.1, 0.15) is 18.2 Å². The van der Waals surface area contributed by atoms with Crippen LogP contribution in [0.15, 0.2) is 30.9 Å². The average Bonchev–Trinajstić information content (AvgIpc) is 3.57. The zero-order valence-electron chi connectivity index (χ0n) is 23.0. The van der Waals surface area contributed by atoms with Crippen LogP contribution in [0.3, 0.4) is 0 Å². The number of carbonyl (C=O) groups is 1. The summed E-state index contributed by atoms with van der Waals surface area (Å²) in [5.74, 6) is 0.643. The van der Waals surface area contributed by atoms with Gasteiger partial charge in [0.15, 0.2) is 5.78 Å². The third-order valence-corrected chi connectivity index (χ3v) is 10.2. The Balaban J connectivity index is 1.32. The summed E-state index contributed by atoms with van der Waals surface area (Å²) in [4.78, 5) is 24.1. The van der Waals surface area contributed by atoms with Gasteiger partial charge >= 0.3 is 0 Å². The fourth-order valence-corrected chi connectivity index (χ4v) is 7.64. The van der Waals surface area contributed by atoms with Gasteiger partial charge in [-0.1, -0.05) is 35.8 Å². The van der Waals surface area contributed by atoms with Gasteiger partial charge in [0, 0.05) is 42.6 Å². The number of likely N-dealkylation sites (N-methyl/N-ethyl adjacent to an activating group) is 1. The largest absolute Gasteiger partial charge is 0.475 e. The Morgan fingerprint density at radius 3 is 2.83 bits per heavy atom. The molecule has 40 heavy (non-hydrogen) atoms. The molecule has 2 saturated heterocycles. The number of nitrogens with zero attached hydrogens (tertiary/aromatic N) is 5. The van der Waals surface area contributed by atoms with Crippen molar-refractivity contribution in [2.75, 3.05) is 49.6 Å². The summed E-state index contributed by atoms with van der Waals surface area (Å²) in [6.07, 6.45) is 7.27. The number of ether oxygens (including phenoxy) is 1. The molecule has 210 valence electrons. The summed E-state index contributed by atoms with van der Waals surface area (Å²) in [5.41, 5.74) is 4.52. The lowest BCUT2D eigenvalue weighted by atomic mass is 9.76. The van der Waals surface area contributed by atoms with E-state index in [0.717, 1.165) is 87.3 Å². The van der Waals surface area contributed by atoms with Crippen LogP contribution in [0.25, 0.3) is 0 Å². The van der Waals surface area contributed by atoms with Gasteiger partial charge in [-0.05, 0) is 70.3 Å². The molecule has 1 saturated carbocycles. The van der Waals surface area contributed by atoms with Gasteiger partial charge < -0.3 is 19.4 Å². The van der Waals surface area contributed by atoms with Gasteiger partial charge in [-0.3, -0.25) is 4.79 Å². The molecular formula is C31H35Cl2N5O2. The summed E-state index contributed by atoms with van der Waals surface area (Å²) < 4.78 is 6.35. The van der Waals surface area contributed by atoms with Crippen LogP contribution in [-0.4, -0.2) is 61.5 Å². The average molecular weight is 581 g/mol. The van der Waals surface area contributed by atoms with Crippen molar-refractivity contribution in [3.8, 4) is 11.9 Å². The Labute approximate surface area is 246 Å². The summed E-state index contributed by atoms with van der Waals surface area (Å²) in [5, 5.41) is 11.5. The second-order valence-corrected chi connectivity index (χ2v) is 12.7. The Hall–Kier alpha value is -2.79. The first-order chi connectivity index (χ1) is 19.3. The Kier molecular flexibility index (Phi) is 7.45. The predicted molar refractivity (Wildman–Crippen MR) is 159 cm³/mol. The molecule has 1 aliphatic carbocycles. The van der Waals surface area contributed by atoms with Crippen LogP contribution in [0, 0.1) is 22.7 Å². The summed E-state index contributed by atoms with van der Waals surface area (Å²) in [6, 6.07) is 8.47. The van der Waals surface area contributed by atoms with E-state index in [0.29, 0.717) is 40.7 Å². The van der Waals surface area contributed by atoms with Gasteiger partial charge in [0.25, 0.3) is 0 Å². The van der Waals surface area contributed by atoms with Gasteiger partial charge in [-0.25, -0.2) is 4.98 Å². The SMILES string of the molecule is C=CC(=O)C1CCC2(C1)CN(c1c(C#N)c(OC[C@@H]3CCCN3C)nc3c1CCN(c1cccc(Cl)c1Cl)C3)C2. The number of ketones is 1. The van der Waals surface area contributed by atoms with Crippen molar-refractivity contribution < 1.29 is 9.53 Å². The van der Waals surface area contributed by atoms with Crippen LogP contribution in [0.1, 0.15) is 48.9 Å². The van der Waals surface area contributed by atoms with Gasteiger partial charge in [-0.15, -0.1) is 0 Å². The smallest absolute Gasteiger partial charge is 0.234 e. The molecule has 3 aliphatic heterocycles. The second-order valence-electron chi connectivity index (χ2n) is 11.9. The number of hydrogen-bond donors (Lipinski definition) is 0. The van der Waals surface area contributed by atoms with E-state index in [1.165, 1.54) is 6.08 Å². The van der Waals surface area contributed by atoms with E-state index in [-0.39, 0.29) is 17.1 Å². The lowest BCUT2D eigenvalue weighted by Crippen LogP contribution is -2.56. The van der Waals surface area contributed by atoms with Crippen LogP contribution in [0.2, 0.25) is 10.0 Å². The Morgan fingerprint density at radius 2 is 2.10 bits per heavy atom. The quantitative estimate of drug-likeness (QED) is 0.392. The molecule has 6 rings (SSSR count). The van der Waals surface area contributed by atoms with E-state index >= 15 is 0 Å². The number of halogens is 2. The second kappa shape index (κ2) is 10.9. The minimum absolute atomic E-state index is 0.0692. The van der Waals surface area contributed by atoms with Crippen LogP contribution in [0.4, 0.5) is 11.4 Å². The van der Waals surface area contributed by atoms with E-state index in [1.807, 2.05) is 12.1 Å². The molecular weight excluding hydrogens is 545 g/mol. The zero-order valence-corrected chi connectivity index (χ0v) is 24.5. The molecule has 1 unspecified atom stereocenters. The maximum Gasteiger partial charge on any atom is 0.234 e. The third-order valence-electron chi connectivity index (χ3n) is 9.44. The van der Waals surface area contributed by atoms with Crippen molar-refractivity contribution in [1.82, 2.24) is 9.88 Å². The number of benzene rings is 1. The first kappa shape index (κ1) is 27.4. The number of carbonyl (C=O) groups excluding carboxylic acids is 1. The van der Waals surface area contributed by atoms with E-state index in [2.05, 4.69) is 34.4 Å². The number of pyridine rings is 1. The van der Waals surface area contributed by atoms with E-state index in [9.17, 15) is 10.1 Å². The summed E-state index contributed by atoms with van der Waals surface area (Å²) in [6.45, 7) is 8.24. The van der Waals surface area contributed by atoms with Crippen molar-refractivity contribution in [3.63, 3.8) is 0 Å². The van der Waals surface area contributed by atoms with Crippen LogP contribution < -0.4 is 14.5 Å². The monoisotopic (exact) mass is 579 g/mol. The molecule has 3 fully saturated rings. The van der Waals surface area contributed by atoms with Crippen molar-refractivity contribution >= 4 is 40.4 Å². The van der Waals surface area contributed by atoms with Crippen LogP contribution in [0.5, 0.6) is 5.88 Å². The number of nitriles is 1. The number of aromatic nitrogens is 1. The molecule has 0 N–H and O–H groups in total. The molecule has 9 heteroatoms. The van der Waals surface area contributed by atoms with E-state index < -0.39 is 0 Å². The molecule has 7 nitrogen and oxygen atoms in total. The normalized spacial score (nSPS) is 23.6. The molecule has 2 aromatic rings. The van der Waals surface area contributed by atoms with Crippen molar-refractivity contribution in [3.05, 3.63) is 57.7 Å². The summed E-state index contributed by atoms with van der Waals surface area (Å²) >= 11 is 12.9. The third kappa shape index (κ3) is 4.85. The maximum absolute atomic E-state index is 12.3. The van der Waals surface area contributed by atoms with Gasteiger partial charge in [-0.2, -0.15) is 5.26 Å². The first-order valence-corrected chi connectivity index (χ1v) is 15.0. The lowest BCUT2D eigenvalue weighted by molar-refractivity contribution is -0.118. The number of allylic oxidation sites excluding steroid dienone is 1. The number of likely N-dealkylation sites (tertiary alicyclic amines) is 1. The molecule has 4 heterocycles. The lowest BCUT2D eigenvalue weighted by Gasteiger charge is -2.51. The predicted octanol–water partition coefficient (Wildman–Crippen LogP) is 5.66. The van der Waals surface area contributed by atoms with E-state index in [4.69, 9.17) is 32.9 Å². The standard InChI is InChI=1S/C31H35Cl2N5O2/c1-3-27(39)20-9-11-31(14-20)18-38(19-31)29-22-10-13-37(26-8-4-7-24(32)28(26)33)16-25(22)35-30(23(29)15-34)40-17-21-6-5-12-36(21)2/h3-4,7-8,20-21H,1,5-6,9-14,16-19H2,2H3/t20?,21-/m0/s1. The highest BCUT2D eigenvalue weighted by Gasteiger charge is 2.50. The number of anilines is 2. The maximum atomic E-state index is 12.3. The molecule has 2 atom stereocenters. The minimum Gasteiger partial charge on any atom is -0.475 e. The van der Waals surface area contributed by atoms with Crippen LogP contribution >= 0.6 is 23.2 Å². The zero-order chi connectivity index (χ0) is 28.0. The van der Waals surface area contributed by atoms with Crippen molar-refractivity contribution in [2.45, 2.75) is 51.1 Å². The fraction of sp³-hybridized carbons (Fsp3) is 0.516. The number of hydrogen-bond acceptors (Lipinski definition) is 7. The molecule has 1 aromatic heterocycles. The highest BCUT2D eigenvalue weighted by molar-refractivity contribution is 6.43. The topological polar surface area (TPSA) is 72.7 Å².